The summed E-state index contributed by atoms with van der Waals surface area (Å²) in [4.78, 5) is 8.17. The summed E-state index contributed by atoms with van der Waals surface area (Å²) >= 11 is 0. The number of benzene rings is 1. The van der Waals surface area contributed by atoms with Gasteiger partial charge in [-0.3, -0.25) is 4.98 Å². The Hall–Kier alpha value is -1.83. The molecule has 98 valence electrons. The summed E-state index contributed by atoms with van der Waals surface area (Å²) in [7, 11) is 0. The second-order valence-corrected chi connectivity index (χ2v) is 5.90. The van der Waals surface area contributed by atoms with Gasteiger partial charge in [-0.05, 0) is 35.6 Å². The van der Waals surface area contributed by atoms with Crippen molar-refractivity contribution in [3.05, 3.63) is 41.7 Å². The summed E-state index contributed by atoms with van der Waals surface area (Å²) < 4.78 is 0. The lowest BCUT2D eigenvalue weighted by molar-refractivity contribution is 0.836. The van der Waals surface area contributed by atoms with Gasteiger partial charge in [0.1, 0.15) is 0 Å². The molecule has 0 aliphatic heterocycles. The van der Waals surface area contributed by atoms with Crippen LogP contribution in [0.1, 0.15) is 50.8 Å². The summed E-state index contributed by atoms with van der Waals surface area (Å²) in [5, 5.41) is 2.46. The Morgan fingerprint density at radius 2 is 1.79 bits per heavy atom. The van der Waals surface area contributed by atoms with Crippen LogP contribution in [0, 0.1) is 0 Å². The van der Waals surface area contributed by atoms with Crippen molar-refractivity contribution < 1.29 is 0 Å². The second-order valence-electron chi connectivity index (χ2n) is 5.90. The first-order valence-electron chi connectivity index (χ1n) is 6.97. The number of aromatic nitrogens is 2. The van der Waals surface area contributed by atoms with Crippen molar-refractivity contribution in [1.29, 1.82) is 0 Å². The maximum absolute atomic E-state index is 4.68. The summed E-state index contributed by atoms with van der Waals surface area (Å²) in [6.45, 7) is 8.82. The van der Waals surface area contributed by atoms with Crippen molar-refractivity contribution in [2.24, 2.45) is 0 Å². The monoisotopic (exact) mass is 252 g/mol. The average Bonchev–Trinajstić information content (AvgIpc) is 2.82. The number of nitrogens with one attached hydrogen (secondary N) is 1. The minimum atomic E-state index is 0.511. The molecule has 0 amide bonds. The molecule has 3 aromatic rings. The highest BCUT2D eigenvalue weighted by atomic mass is 14.7. The minimum Gasteiger partial charge on any atom is -0.358 e. The Kier molecular flexibility index (Phi) is 2.81. The molecule has 0 saturated carbocycles. The quantitative estimate of drug-likeness (QED) is 0.686. The molecular weight excluding hydrogens is 232 g/mol. The molecule has 1 aromatic carbocycles. The van der Waals surface area contributed by atoms with E-state index in [2.05, 4.69) is 61.9 Å². The topological polar surface area (TPSA) is 28.7 Å². The molecule has 0 radical (unpaired) electrons. The molecule has 0 aliphatic rings. The maximum Gasteiger partial charge on any atom is 0.0796 e. The van der Waals surface area contributed by atoms with E-state index in [0.29, 0.717) is 11.8 Å². The van der Waals surface area contributed by atoms with Gasteiger partial charge in [0, 0.05) is 28.2 Å². The molecule has 0 fully saturated rings. The van der Waals surface area contributed by atoms with Gasteiger partial charge in [-0.2, -0.15) is 0 Å². The molecule has 3 rings (SSSR count). The van der Waals surface area contributed by atoms with Crippen molar-refractivity contribution in [3.63, 3.8) is 0 Å². The lowest BCUT2D eigenvalue weighted by Gasteiger charge is -2.06. The van der Waals surface area contributed by atoms with Crippen LogP contribution in [-0.2, 0) is 0 Å². The average molecular weight is 252 g/mol. The van der Waals surface area contributed by atoms with E-state index in [1.165, 1.54) is 27.5 Å². The van der Waals surface area contributed by atoms with Crippen LogP contribution in [0.15, 0.2) is 30.5 Å². The maximum atomic E-state index is 4.68. The molecule has 2 heterocycles. The van der Waals surface area contributed by atoms with Gasteiger partial charge in [0.25, 0.3) is 0 Å². The van der Waals surface area contributed by atoms with Crippen LogP contribution in [0.25, 0.3) is 21.8 Å². The van der Waals surface area contributed by atoms with E-state index in [1.807, 2.05) is 6.20 Å². The van der Waals surface area contributed by atoms with E-state index in [9.17, 15) is 0 Å². The number of hydrogen-bond donors (Lipinski definition) is 1. The third-order valence-electron chi connectivity index (χ3n) is 3.78. The first-order valence-corrected chi connectivity index (χ1v) is 6.97. The largest absolute Gasteiger partial charge is 0.358 e. The van der Waals surface area contributed by atoms with Gasteiger partial charge >= 0.3 is 0 Å². The minimum absolute atomic E-state index is 0.511. The van der Waals surface area contributed by atoms with Crippen LogP contribution in [0.4, 0.5) is 0 Å². The fourth-order valence-electron chi connectivity index (χ4n) is 2.47. The fraction of sp³-hybridized carbons (Fsp3) is 0.353. The van der Waals surface area contributed by atoms with Gasteiger partial charge in [-0.1, -0.05) is 33.8 Å². The van der Waals surface area contributed by atoms with Crippen molar-refractivity contribution in [2.75, 3.05) is 0 Å². The first kappa shape index (κ1) is 12.2. The molecule has 1 N–H and O–H groups in total. The zero-order chi connectivity index (χ0) is 13.6. The third-order valence-corrected chi connectivity index (χ3v) is 3.78. The lowest BCUT2D eigenvalue weighted by Crippen LogP contribution is -1.89. The Morgan fingerprint density at radius 3 is 2.47 bits per heavy atom. The van der Waals surface area contributed by atoms with Crippen molar-refractivity contribution in [2.45, 2.75) is 39.5 Å². The molecule has 2 heteroatoms. The van der Waals surface area contributed by atoms with E-state index in [4.69, 9.17) is 0 Å². The number of aromatic amines is 1. The predicted molar refractivity (Wildman–Crippen MR) is 81.8 cm³/mol. The summed E-state index contributed by atoms with van der Waals surface area (Å²) in [6, 6.07) is 8.82. The van der Waals surface area contributed by atoms with E-state index in [-0.39, 0.29) is 0 Å². The molecule has 0 spiro atoms. The van der Waals surface area contributed by atoms with Crippen LogP contribution in [0.5, 0.6) is 0 Å². The number of nitrogens with zero attached hydrogens (tertiary/aromatic N) is 1. The van der Waals surface area contributed by atoms with Crippen LogP contribution in [-0.4, -0.2) is 9.97 Å². The molecular formula is C17H20N2. The van der Waals surface area contributed by atoms with Crippen molar-refractivity contribution in [1.82, 2.24) is 9.97 Å². The predicted octanol–water partition coefficient (Wildman–Crippen LogP) is 4.96. The highest BCUT2D eigenvalue weighted by Crippen LogP contribution is 2.28. The zero-order valence-electron chi connectivity index (χ0n) is 12.0. The molecule has 0 saturated heterocycles. The summed E-state index contributed by atoms with van der Waals surface area (Å²) in [6.07, 6.45) is 2.01. The smallest absolute Gasteiger partial charge is 0.0796 e. The number of hydrogen-bond acceptors (Lipinski definition) is 1. The Labute approximate surface area is 113 Å². The van der Waals surface area contributed by atoms with E-state index in [0.717, 1.165) is 5.52 Å². The standard InChI is InChI=1S/C17H20N2/c1-10(2)13-7-12-5-6-15-14(17(12)18-9-13)8-16(19-15)11(3)4/h5-11,19H,1-4H3. The fourth-order valence-corrected chi connectivity index (χ4v) is 2.47. The SMILES string of the molecule is CC(C)c1cnc2c(ccc3[nH]c(C(C)C)cc32)c1. The van der Waals surface area contributed by atoms with Gasteiger partial charge in [0.05, 0.1) is 5.52 Å². The van der Waals surface area contributed by atoms with Crippen LogP contribution in [0.2, 0.25) is 0 Å². The molecule has 2 aromatic heterocycles. The highest BCUT2D eigenvalue weighted by molar-refractivity contribution is 6.04. The lowest BCUT2D eigenvalue weighted by atomic mass is 10.0. The van der Waals surface area contributed by atoms with E-state index < -0.39 is 0 Å². The first-order chi connectivity index (χ1) is 9.06. The van der Waals surface area contributed by atoms with E-state index in [1.54, 1.807) is 0 Å². The number of rotatable bonds is 2. The molecule has 19 heavy (non-hydrogen) atoms. The van der Waals surface area contributed by atoms with Crippen LogP contribution < -0.4 is 0 Å². The van der Waals surface area contributed by atoms with E-state index >= 15 is 0 Å². The number of pyridine rings is 1. The van der Waals surface area contributed by atoms with Crippen molar-refractivity contribution >= 4 is 21.8 Å². The van der Waals surface area contributed by atoms with Gasteiger partial charge < -0.3 is 4.98 Å². The molecule has 0 bridgehead atoms. The molecule has 0 aliphatic carbocycles. The second kappa shape index (κ2) is 4.37. The summed E-state index contributed by atoms with van der Waals surface area (Å²) in [5.41, 5.74) is 4.86. The Bertz CT molecular complexity index is 735. The molecule has 2 nitrogen and oxygen atoms in total. The van der Waals surface area contributed by atoms with Gasteiger partial charge in [0.2, 0.25) is 0 Å². The third kappa shape index (κ3) is 2.01. The van der Waals surface area contributed by atoms with Crippen molar-refractivity contribution in [3.8, 4) is 0 Å². The Balaban J connectivity index is 2.28. The number of fused-ring (bicyclic) bond motifs is 3. The molecule has 0 atom stereocenters. The van der Waals surface area contributed by atoms with Gasteiger partial charge in [0.15, 0.2) is 0 Å². The number of H-pyrrole nitrogens is 1. The zero-order valence-corrected chi connectivity index (χ0v) is 12.0. The Morgan fingerprint density at radius 1 is 1.00 bits per heavy atom. The normalized spacial score (nSPS) is 12.1. The van der Waals surface area contributed by atoms with Crippen LogP contribution >= 0.6 is 0 Å². The van der Waals surface area contributed by atoms with Gasteiger partial charge in [-0.25, -0.2) is 0 Å². The van der Waals surface area contributed by atoms with Crippen LogP contribution in [0.3, 0.4) is 0 Å². The van der Waals surface area contributed by atoms with Gasteiger partial charge in [-0.15, -0.1) is 0 Å². The highest BCUT2D eigenvalue weighted by Gasteiger charge is 2.09. The summed E-state index contributed by atoms with van der Waals surface area (Å²) in [5.74, 6) is 1.03. The molecule has 0 unspecified atom stereocenters.